The summed E-state index contributed by atoms with van der Waals surface area (Å²) in [5.74, 6) is -0.549. The van der Waals surface area contributed by atoms with Gasteiger partial charge in [0.05, 0.1) is 18.1 Å². The van der Waals surface area contributed by atoms with Crippen LogP contribution in [0.3, 0.4) is 0 Å². The van der Waals surface area contributed by atoms with Crippen LogP contribution >= 0.6 is 0 Å². The summed E-state index contributed by atoms with van der Waals surface area (Å²) in [7, 11) is 1.45. The number of ether oxygens (including phenoxy) is 2. The van der Waals surface area contributed by atoms with E-state index in [1.165, 1.54) is 19.6 Å². The lowest BCUT2D eigenvalue weighted by molar-refractivity contribution is -0.161. The first-order chi connectivity index (χ1) is 13.9. The van der Waals surface area contributed by atoms with Crippen molar-refractivity contribution in [3.8, 4) is 0 Å². The Labute approximate surface area is 171 Å². The van der Waals surface area contributed by atoms with E-state index in [1.807, 2.05) is 13.0 Å². The summed E-state index contributed by atoms with van der Waals surface area (Å²) in [5, 5.41) is 3.59. The number of piperidine rings is 1. The highest BCUT2D eigenvalue weighted by atomic mass is 16.5. The maximum atomic E-state index is 13.0. The third-order valence-corrected chi connectivity index (χ3v) is 7.76. The molecule has 0 saturated carbocycles. The standard InChI is InChI=1S/C23H28N2O4/c1-14(29-15(2)26)22-9-6-11-25-12-10-23(21(22)25)17-7-4-5-8-18(17)24-19(23)16(13-22)20(27)28-3/h4-5,7-8,14,21,24H,6,9-13H2,1-3H3/t14-,21+,22+,23+/m1/s1. The number of para-hydroxylation sites is 1. The predicted octanol–water partition coefficient (Wildman–Crippen LogP) is 2.99. The number of esters is 2. The van der Waals surface area contributed by atoms with Gasteiger partial charge in [0.2, 0.25) is 0 Å². The molecule has 3 heterocycles. The van der Waals surface area contributed by atoms with Gasteiger partial charge in [-0.2, -0.15) is 0 Å². The molecule has 0 aromatic heterocycles. The smallest absolute Gasteiger partial charge is 0.335 e. The molecule has 5 rings (SSSR count). The number of carbonyl (C=O) groups excluding carboxylic acids is 2. The van der Waals surface area contributed by atoms with Gasteiger partial charge in [-0.3, -0.25) is 9.69 Å². The van der Waals surface area contributed by atoms with Gasteiger partial charge < -0.3 is 14.8 Å². The van der Waals surface area contributed by atoms with Crippen LogP contribution in [-0.2, 0) is 24.5 Å². The van der Waals surface area contributed by atoms with E-state index in [4.69, 9.17) is 9.47 Å². The highest BCUT2D eigenvalue weighted by Crippen LogP contribution is 2.65. The molecule has 1 aromatic carbocycles. The summed E-state index contributed by atoms with van der Waals surface area (Å²) in [4.78, 5) is 27.4. The van der Waals surface area contributed by atoms with E-state index in [0.717, 1.165) is 43.7 Å². The average Bonchev–Trinajstić information content (AvgIpc) is 3.27. The van der Waals surface area contributed by atoms with Crippen LogP contribution < -0.4 is 5.32 Å². The molecule has 0 radical (unpaired) electrons. The van der Waals surface area contributed by atoms with Gasteiger partial charge in [-0.1, -0.05) is 18.2 Å². The van der Waals surface area contributed by atoms with Crippen molar-refractivity contribution >= 4 is 17.6 Å². The first kappa shape index (κ1) is 18.7. The SMILES string of the molecule is COC(=O)C1=C2Nc3ccccc3[C@@]23CCN2CCC[C@@]([C@@H](C)OC(C)=O)(C1)[C@H]23. The van der Waals surface area contributed by atoms with Gasteiger partial charge in [-0.05, 0) is 57.3 Å². The van der Waals surface area contributed by atoms with Gasteiger partial charge >= 0.3 is 11.9 Å². The molecule has 4 atom stereocenters. The first-order valence-corrected chi connectivity index (χ1v) is 10.5. The van der Waals surface area contributed by atoms with Crippen molar-refractivity contribution in [2.45, 2.75) is 57.1 Å². The van der Waals surface area contributed by atoms with E-state index >= 15 is 0 Å². The molecule has 0 bridgehead atoms. The van der Waals surface area contributed by atoms with Crippen molar-refractivity contribution in [1.82, 2.24) is 4.90 Å². The van der Waals surface area contributed by atoms with Gasteiger partial charge in [0.15, 0.2) is 0 Å². The lowest BCUT2D eigenvalue weighted by Crippen LogP contribution is -2.64. The number of anilines is 1. The Bertz CT molecular complexity index is 925. The normalized spacial score (nSPS) is 33.3. The minimum atomic E-state index is -0.313. The summed E-state index contributed by atoms with van der Waals surface area (Å²) in [6.07, 6.45) is 3.20. The van der Waals surface area contributed by atoms with Crippen molar-refractivity contribution in [2.24, 2.45) is 5.41 Å². The molecular weight excluding hydrogens is 368 g/mol. The van der Waals surface area contributed by atoms with Crippen molar-refractivity contribution in [2.75, 3.05) is 25.5 Å². The second kappa shape index (κ2) is 6.33. The van der Waals surface area contributed by atoms with Crippen molar-refractivity contribution in [3.63, 3.8) is 0 Å². The zero-order valence-electron chi connectivity index (χ0n) is 17.3. The molecule has 0 amide bonds. The summed E-state index contributed by atoms with van der Waals surface area (Å²) < 4.78 is 11.0. The number of hydrogen-bond donors (Lipinski definition) is 1. The van der Waals surface area contributed by atoms with Crippen LogP contribution in [-0.4, -0.2) is 49.2 Å². The lowest BCUT2D eigenvalue weighted by Gasteiger charge is -2.57. The Morgan fingerprint density at radius 1 is 1.24 bits per heavy atom. The molecule has 154 valence electrons. The van der Waals surface area contributed by atoms with Crippen molar-refractivity contribution in [1.29, 1.82) is 0 Å². The highest BCUT2D eigenvalue weighted by molar-refractivity contribution is 5.93. The van der Waals surface area contributed by atoms with Gasteiger partial charge in [0.1, 0.15) is 6.10 Å². The fourth-order valence-electron chi connectivity index (χ4n) is 6.83. The molecule has 29 heavy (non-hydrogen) atoms. The zero-order valence-corrected chi connectivity index (χ0v) is 17.3. The quantitative estimate of drug-likeness (QED) is 0.793. The maximum absolute atomic E-state index is 13.0. The fraction of sp³-hybridized carbons (Fsp3) is 0.565. The number of hydrogen-bond acceptors (Lipinski definition) is 6. The van der Waals surface area contributed by atoms with Gasteiger partial charge in [0, 0.05) is 29.8 Å². The highest BCUT2D eigenvalue weighted by Gasteiger charge is 2.68. The average molecular weight is 396 g/mol. The van der Waals surface area contributed by atoms with E-state index in [0.29, 0.717) is 12.0 Å². The van der Waals surface area contributed by atoms with E-state index in [-0.39, 0.29) is 34.9 Å². The molecule has 1 aromatic rings. The monoisotopic (exact) mass is 396 g/mol. The summed E-state index contributed by atoms with van der Waals surface area (Å²) in [5.41, 5.74) is 3.45. The summed E-state index contributed by atoms with van der Waals surface area (Å²) >= 11 is 0. The molecule has 3 aliphatic heterocycles. The number of nitrogens with one attached hydrogen (secondary N) is 1. The Morgan fingerprint density at radius 2 is 2.03 bits per heavy atom. The molecule has 4 aliphatic rings. The number of rotatable bonds is 3. The van der Waals surface area contributed by atoms with Crippen LogP contribution in [0.4, 0.5) is 5.69 Å². The Kier molecular flexibility index (Phi) is 4.07. The molecule has 1 N–H and O–H groups in total. The summed E-state index contributed by atoms with van der Waals surface area (Å²) in [6, 6.07) is 8.58. The molecule has 1 spiro atoms. The predicted molar refractivity (Wildman–Crippen MR) is 108 cm³/mol. The van der Waals surface area contributed by atoms with Gasteiger partial charge in [-0.15, -0.1) is 0 Å². The van der Waals surface area contributed by atoms with Crippen LogP contribution in [0.15, 0.2) is 35.5 Å². The molecule has 6 heteroatoms. The van der Waals surface area contributed by atoms with Crippen LogP contribution in [0.25, 0.3) is 0 Å². The Hall–Kier alpha value is -2.34. The molecule has 2 fully saturated rings. The third kappa shape index (κ3) is 2.32. The second-order valence-electron chi connectivity index (χ2n) is 8.94. The summed E-state index contributed by atoms with van der Waals surface area (Å²) in [6.45, 7) is 5.50. The number of nitrogens with zero attached hydrogens (tertiary/aromatic N) is 1. The minimum absolute atomic E-state index is 0.192. The molecular formula is C23H28N2O4. The molecule has 6 nitrogen and oxygen atoms in total. The zero-order chi connectivity index (χ0) is 20.4. The number of carbonyl (C=O) groups is 2. The third-order valence-electron chi connectivity index (χ3n) is 7.76. The van der Waals surface area contributed by atoms with E-state index in [1.54, 1.807) is 0 Å². The van der Waals surface area contributed by atoms with Crippen molar-refractivity contribution in [3.05, 3.63) is 41.1 Å². The van der Waals surface area contributed by atoms with Crippen LogP contribution in [0.1, 0.15) is 45.1 Å². The molecule has 2 saturated heterocycles. The van der Waals surface area contributed by atoms with Crippen LogP contribution in [0.5, 0.6) is 0 Å². The Balaban J connectivity index is 1.77. The number of benzene rings is 1. The largest absolute Gasteiger partial charge is 0.466 e. The lowest BCUT2D eigenvalue weighted by atomic mass is 9.53. The second-order valence-corrected chi connectivity index (χ2v) is 8.94. The van der Waals surface area contributed by atoms with Crippen molar-refractivity contribution < 1.29 is 19.1 Å². The van der Waals surface area contributed by atoms with Crippen LogP contribution in [0.2, 0.25) is 0 Å². The van der Waals surface area contributed by atoms with Gasteiger partial charge in [-0.25, -0.2) is 4.79 Å². The minimum Gasteiger partial charge on any atom is -0.466 e. The topological polar surface area (TPSA) is 67.9 Å². The first-order valence-electron chi connectivity index (χ1n) is 10.5. The number of methoxy groups -OCH3 is 1. The van der Waals surface area contributed by atoms with E-state index < -0.39 is 0 Å². The van der Waals surface area contributed by atoms with Gasteiger partial charge in [0.25, 0.3) is 0 Å². The van der Waals surface area contributed by atoms with E-state index in [2.05, 4.69) is 28.4 Å². The molecule has 1 aliphatic carbocycles. The number of fused-ring (bicyclic) bond motifs is 1. The maximum Gasteiger partial charge on any atom is 0.335 e. The van der Waals surface area contributed by atoms with E-state index in [9.17, 15) is 9.59 Å². The molecule has 0 unspecified atom stereocenters. The van der Waals surface area contributed by atoms with Crippen LogP contribution in [0, 0.1) is 5.41 Å². The fourth-order valence-corrected chi connectivity index (χ4v) is 6.83. The Morgan fingerprint density at radius 3 is 2.79 bits per heavy atom.